The van der Waals surface area contributed by atoms with Crippen LogP contribution in [0.4, 0.5) is 5.69 Å². The van der Waals surface area contributed by atoms with Gasteiger partial charge in [0.2, 0.25) is 12.7 Å². The number of fused-ring (bicyclic) bond motifs is 2. The molecule has 1 atom stereocenters. The second kappa shape index (κ2) is 9.20. The highest BCUT2D eigenvalue weighted by molar-refractivity contribution is 6.32. The van der Waals surface area contributed by atoms with E-state index in [1.54, 1.807) is 36.4 Å². The molecule has 5 rings (SSSR count). The number of nitrogens with zero attached hydrogens (tertiary/aromatic N) is 2. The van der Waals surface area contributed by atoms with Crippen LogP contribution in [0.15, 0.2) is 60.0 Å². The van der Waals surface area contributed by atoms with Crippen LogP contribution >= 0.6 is 11.6 Å². The van der Waals surface area contributed by atoms with Crippen LogP contribution in [0.25, 0.3) is 0 Å². The van der Waals surface area contributed by atoms with Crippen LogP contribution in [0, 0.1) is 21.4 Å². The Hall–Kier alpha value is -4.62. The molecule has 2 heterocycles. The Morgan fingerprint density at radius 1 is 1.17 bits per heavy atom. The van der Waals surface area contributed by atoms with Gasteiger partial charge in [0, 0.05) is 23.8 Å². The van der Waals surface area contributed by atoms with E-state index in [1.807, 2.05) is 0 Å². The first-order valence-corrected chi connectivity index (χ1v) is 11.0. The maximum atomic E-state index is 10.9. The molecule has 182 valence electrons. The zero-order chi connectivity index (χ0) is 25.4. The average molecular weight is 508 g/mol. The molecule has 3 aromatic carbocycles. The van der Waals surface area contributed by atoms with Crippen molar-refractivity contribution < 1.29 is 28.6 Å². The molecule has 2 aliphatic heterocycles. The number of non-ortho nitro benzene ring substituents is 1. The largest absolute Gasteiger partial charge is 0.493 e. The molecule has 0 bridgehead atoms. The Bertz CT molecular complexity index is 1450. The molecule has 0 saturated carbocycles. The number of nitriles is 1. The van der Waals surface area contributed by atoms with E-state index in [-0.39, 0.29) is 41.3 Å². The number of benzene rings is 3. The SMILES string of the molecule is COc1cc([C@@H]2C(C#N)=C(N)Oc3cc4c(cc32)OCO4)cc(Cl)c1OCc1ccc([N+](=O)[O-])cc1. The van der Waals surface area contributed by atoms with Gasteiger partial charge < -0.3 is 29.4 Å². The molecule has 2 aliphatic rings. The van der Waals surface area contributed by atoms with E-state index in [0.717, 1.165) is 0 Å². The van der Waals surface area contributed by atoms with Gasteiger partial charge in [-0.1, -0.05) is 11.6 Å². The summed E-state index contributed by atoms with van der Waals surface area (Å²) in [7, 11) is 1.47. The summed E-state index contributed by atoms with van der Waals surface area (Å²) in [6, 6.07) is 14.9. The lowest BCUT2D eigenvalue weighted by Gasteiger charge is -2.27. The summed E-state index contributed by atoms with van der Waals surface area (Å²) in [5.41, 5.74) is 8.27. The Balaban J connectivity index is 1.51. The van der Waals surface area contributed by atoms with E-state index in [9.17, 15) is 15.4 Å². The molecule has 10 nitrogen and oxygen atoms in total. The van der Waals surface area contributed by atoms with Gasteiger partial charge in [-0.3, -0.25) is 10.1 Å². The molecule has 11 heteroatoms. The van der Waals surface area contributed by atoms with Crippen molar-refractivity contribution in [1.82, 2.24) is 0 Å². The zero-order valence-corrected chi connectivity index (χ0v) is 19.6. The van der Waals surface area contributed by atoms with Crippen LogP contribution in [-0.2, 0) is 6.61 Å². The van der Waals surface area contributed by atoms with Crippen LogP contribution in [0.5, 0.6) is 28.7 Å². The molecule has 0 aliphatic carbocycles. The highest BCUT2D eigenvalue weighted by atomic mass is 35.5. The molecule has 3 aromatic rings. The van der Waals surface area contributed by atoms with Crippen LogP contribution in [-0.4, -0.2) is 18.8 Å². The standard InChI is InChI=1S/C25H18ClN3O7/c1-32-22-7-14(6-18(26)24(22)33-11-13-2-4-15(5-3-13)29(30)31)23-16-8-20-21(35-12-34-20)9-19(16)36-25(28)17(23)10-27/h2-9,23H,11-12,28H2,1H3/t23-/m0/s1. The van der Waals surface area contributed by atoms with Crippen LogP contribution < -0.4 is 29.4 Å². The summed E-state index contributed by atoms with van der Waals surface area (Å²) in [6.07, 6.45) is 0. The molecule has 0 spiro atoms. The fourth-order valence-electron chi connectivity index (χ4n) is 4.11. The molecular weight excluding hydrogens is 490 g/mol. The number of nitro benzene ring substituents is 1. The van der Waals surface area contributed by atoms with Gasteiger partial charge in [-0.25, -0.2) is 0 Å². The molecule has 0 unspecified atom stereocenters. The lowest BCUT2D eigenvalue weighted by Crippen LogP contribution is -2.21. The molecule has 2 N–H and O–H groups in total. The van der Waals surface area contributed by atoms with Crippen LogP contribution in [0.3, 0.4) is 0 Å². The monoisotopic (exact) mass is 507 g/mol. The van der Waals surface area contributed by atoms with Gasteiger partial charge >= 0.3 is 0 Å². The van der Waals surface area contributed by atoms with E-state index < -0.39 is 10.8 Å². The molecular formula is C25H18ClN3O7. The van der Waals surface area contributed by atoms with E-state index in [2.05, 4.69) is 6.07 Å². The average Bonchev–Trinajstić information content (AvgIpc) is 3.33. The molecule has 36 heavy (non-hydrogen) atoms. The van der Waals surface area contributed by atoms with Gasteiger partial charge in [0.05, 0.1) is 23.0 Å². The van der Waals surface area contributed by atoms with E-state index in [1.165, 1.54) is 19.2 Å². The number of hydrogen-bond acceptors (Lipinski definition) is 9. The Morgan fingerprint density at radius 2 is 1.89 bits per heavy atom. The van der Waals surface area contributed by atoms with E-state index >= 15 is 0 Å². The number of hydrogen-bond donors (Lipinski definition) is 1. The van der Waals surface area contributed by atoms with Gasteiger partial charge in [0.1, 0.15) is 24.0 Å². The maximum Gasteiger partial charge on any atom is 0.269 e. The van der Waals surface area contributed by atoms with Gasteiger partial charge in [0.15, 0.2) is 23.0 Å². The summed E-state index contributed by atoms with van der Waals surface area (Å²) >= 11 is 6.61. The lowest BCUT2D eigenvalue weighted by atomic mass is 9.83. The Labute approximate surface area is 210 Å². The van der Waals surface area contributed by atoms with Crippen molar-refractivity contribution in [2.75, 3.05) is 13.9 Å². The number of nitro groups is 1. The minimum atomic E-state index is -0.608. The van der Waals surface area contributed by atoms with Gasteiger partial charge in [-0.05, 0) is 41.5 Å². The number of ether oxygens (including phenoxy) is 5. The summed E-state index contributed by atoms with van der Waals surface area (Å²) in [6.45, 7) is 0.185. The predicted octanol–water partition coefficient (Wildman–Crippen LogP) is 4.78. The van der Waals surface area contributed by atoms with Crippen molar-refractivity contribution in [3.05, 3.63) is 91.8 Å². The summed E-state index contributed by atoms with van der Waals surface area (Å²) in [5, 5.41) is 21.0. The van der Waals surface area contributed by atoms with Crippen molar-refractivity contribution in [2.24, 2.45) is 5.73 Å². The Kier molecular flexibility index (Phi) is 5.91. The highest BCUT2D eigenvalue weighted by Gasteiger charge is 2.34. The minimum absolute atomic E-state index is 0.0151. The van der Waals surface area contributed by atoms with Crippen molar-refractivity contribution in [3.8, 4) is 34.8 Å². The first-order chi connectivity index (χ1) is 17.4. The number of methoxy groups -OCH3 is 1. The van der Waals surface area contributed by atoms with Gasteiger partial charge in [0.25, 0.3) is 5.69 Å². The predicted molar refractivity (Wildman–Crippen MR) is 127 cm³/mol. The van der Waals surface area contributed by atoms with Gasteiger partial charge in [-0.15, -0.1) is 0 Å². The molecule has 0 aromatic heterocycles. The first-order valence-electron chi connectivity index (χ1n) is 10.6. The fraction of sp³-hybridized carbons (Fsp3) is 0.160. The molecule has 0 amide bonds. The van der Waals surface area contributed by atoms with Crippen LogP contribution in [0.2, 0.25) is 5.02 Å². The second-order valence-electron chi connectivity index (χ2n) is 7.91. The second-order valence-corrected chi connectivity index (χ2v) is 8.32. The van der Waals surface area contributed by atoms with Crippen LogP contribution in [0.1, 0.15) is 22.6 Å². The van der Waals surface area contributed by atoms with Gasteiger partial charge in [-0.2, -0.15) is 5.26 Å². The smallest absolute Gasteiger partial charge is 0.269 e. The number of allylic oxidation sites excluding steroid dienone is 1. The maximum absolute atomic E-state index is 10.9. The van der Waals surface area contributed by atoms with E-state index in [4.69, 9.17) is 41.0 Å². The van der Waals surface area contributed by atoms with Crippen molar-refractivity contribution in [3.63, 3.8) is 0 Å². The zero-order valence-electron chi connectivity index (χ0n) is 18.8. The van der Waals surface area contributed by atoms with Crippen molar-refractivity contribution in [2.45, 2.75) is 12.5 Å². The highest BCUT2D eigenvalue weighted by Crippen LogP contribution is 2.50. The number of halogens is 1. The third-order valence-corrected chi connectivity index (χ3v) is 6.11. The summed E-state index contributed by atoms with van der Waals surface area (Å²) < 4.78 is 28.1. The minimum Gasteiger partial charge on any atom is -0.493 e. The quantitative estimate of drug-likeness (QED) is 0.368. The molecule has 0 saturated heterocycles. The summed E-state index contributed by atoms with van der Waals surface area (Å²) in [5.74, 6) is 1.48. The third-order valence-electron chi connectivity index (χ3n) is 5.83. The topological polar surface area (TPSA) is 139 Å². The van der Waals surface area contributed by atoms with Crippen molar-refractivity contribution >= 4 is 17.3 Å². The Morgan fingerprint density at radius 3 is 2.56 bits per heavy atom. The summed E-state index contributed by atoms with van der Waals surface area (Å²) in [4.78, 5) is 10.4. The lowest BCUT2D eigenvalue weighted by molar-refractivity contribution is -0.384. The third kappa shape index (κ3) is 4.06. The normalized spacial score (nSPS) is 15.5. The number of rotatable bonds is 6. The van der Waals surface area contributed by atoms with E-state index in [0.29, 0.717) is 39.7 Å². The first kappa shape index (κ1) is 23.1. The molecule has 0 fully saturated rings. The number of nitrogens with two attached hydrogens (primary N) is 1. The van der Waals surface area contributed by atoms with Crippen molar-refractivity contribution in [1.29, 1.82) is 5.26 Å². The molecule has 0 radical (unpaired) electrons. The fourth-order valence-corrected chi connectivity index (χ4v) is 4.38.